The number of carbonyl (C=O) groups is 1. The molecule has 1 amide bonds. The first-order chi connectivity index (χ1) is 15.8. The molecule has 2 heterocycles. The van der Waals surface area contributed by atoms with Crippen LogP contribution in [0.3, 0.4) is 0 Å². The summed E-state index contributed by atoms with van der Waals surface area (Å²) in [7, 11) is 2.01. The number of nitrogens with zero attached hydrogens (tertiary/aromatic N) is 2. The summed E-state index contributed by atoms with van der Waals surface area (Å²) < 4.78 is 1.02. The number of rotatable bonds is 6. The lowest BCUT2D eigenvalue weighted by Crippen LogP contribution is -2.29. The van der Waals surface area contributed by atoms with Crippen LogP contribution in [-0.2, 0) is 0 Å². The van der Waals surface area contributed by atoms with Crippen molar-refractivity contribution < 1.29 is 4.79 Å². The molecule has 0 radical (unpaired) electrons. The third-order valence-electron chi connectivity index (χ3n) is 5.55. The molecule has 170 valence electrons. The molecule has 0 bridgehead atoms. The Morgan fingerprint density at radius 1 is 1.24 bits per heavy atom. The van der Waals surface area contributed by atoms with E-state index < -0.39 is 6.17 Å². The monoisotopic (exact) mass is 524 g/mol. The van der Waals surface area contributed by atoms with Crippen LogP contribution in [0, 0.1) is 6.92 Å². The van der Waals surface area contributed by atoms with Gasteiger partial charge in [-0.15, -0.1) is 11.3 Å². The van der Waals surface area contributed by atoms with Crippen LogP contribution in [-0.4, -0.2) is 24.6 Å². The van der Waals surface area contributed by atoms with Gasteiger partial charge in [-0.05, 0) is 49.5 Å². The highest BCUT2D eigenvalue weighted by Gasteiger charge is 2.26. The largest absolute Gasteiger partial charge is 0.361 e. The van der Waals surface area contributed by atoms with Crippen LogP contribution in [0.25, 0.3) is 6.08 Å². The summed E-state index contributed by atoms with van der Waals surface area (Å²) in [5.41, 5.74) is 17.2. The molecular weight excluding hydrogens is 500 g/mol. The van der Waals surface area contributed by atoms with Gasteiger partial charge in [0.15, 0.2) is 0 Å². The third-order valence-corrected chi connectivity index (χ3v) is 7.15. The van der Waals surface area contributed by atoms with E-state index in [1.54, 1.807) is 5.38 Å². The van der Waals surface area contributed by atoms with Gasteiger partial charge in [-0.25, -0.2) is 0 Å². The van der Waals surface area contributed by atoms with Crippen molar-refractivity contribution in [3.63, 3.8) is 0 Å². The maximum absolute atomic E-state index is 13.2. The van der Waals surface area contributed by atoms with Crippen LogP contribution in [0.5, 0.6) is 0 Å². The molecule has 0 aliphatic carbocycles. The Kier molecular flexibility index (Phi) is 6.66. The summed E-state index contributed by atoms with van der Waals surface area (Å²) in [6, 6.07) is 12.1. The summed E-state index contributed by atoms with van der Waals surface area (Å²) in [6.07, 6.45) is 3.20. The Hall–Kier alpha value is -2.98. The Morgan fingerprint density at radius 2 is 1.97 bits per heavy atom. The zero-order valence-corrected chi connectivity index (χ0v) is 20.7. The van der Waals surface area contributed by atoms with Crippen molar-refractivity contribution >= 4 is 63.0 Å². The number of halogens is 1. The zero-order chi connectivity index (χ0) is 23.7. The molecule has 0 saturated heterocycles. The fourth-order valence-corrected chi connectivity index (χ4v) is 4.99. The second-order valence-corrected chi connectivity index (χ2v) is 9.62. The van der Waals surface area contributed by atoms with Gasteiger partial charge in [-0.2, -0.15) is 0 Å². The number of thiophene rings is 1. The van der Waals surface area contributed by atoms with Gasteiger partial charge in [0.2, 0.25) is 0 Å². The maximum Gasteiger partial charge on any atom is 0.258 e. The molecule has 3 aromatic rings. The molecule has 0 saturated carbocycles. The Labute approximate surface area is 205 Å². The summed E-state index contributed by atoms with van der Waals surface area (Å²) in [4.78, 5) is 19.9. The highest BCUT2D eigenvalue weighted by Crippen LogP contribution is 2.38. The lowest BCUT2D eigenvalue weighted by atomic mass is 9.95. The molecular formula is C24H25BrN6OS. The number of amides is 1. The van der Waals surface area contributed by atoms with Gasteiger partial charge in [0, 0.05) is 39.9 Å². The SMILES string of the molecule is C=Nc1c(C(=O)Nc2c(C)ccc3c2C=CN(C)C3Nc2ccc(Br)cc2)csc1C(N)N. The molecule has 1 unspecified atom stereocenters. The maximum atomic E-state index is 13.2. The molecule has 33 heavy (non-hydrogen) atoms. The topological polar surface area (TPSA) is 109 Å². The zero-order valence-electron chi connectivity index (χ0n) is 18.3. The predicted molar refractivity (Wildman–Crippen MR) is 141 cm³/mol. The minimum atomic E-state index is -0.716. The van der Waals surface area contributed by atoms with E-state index in [1.165, 1.54) is 11.3 Å². The summed E-state index contributed by atoms with van der Waals surface area (Å²) in [5.74, 6) is -0.276. The van der Waals surface area contributed by atoms with Crippen LogP contribution in [0.4, 0.5) is 17.1 Å². The molecule has 1 aliphatic heterocycles. The van der Waals surface area contributed by atoms with Crippen LogP contribution in [0.1, 0.15) is 44.3 Å². The normalized spacial score (nSPS) is 14.8. The minimum Gasteiger partial charge on any atom is -0.361 e. The number of hydrogen-bond acceptors (Lipinski definition) is 7. The standard InChI is InChI=1S/C24H25BrN6OS/c1-13-4-9-17-16(10-11-31(3)23(17)29-15-7-5-14(25)6-8-15)19(13)30-24(32)18-12-33-21(22(26)27)20(18)28-2/h4-12,22-23,29H,2,26-27H2,1,3H3,(H,30,32). The van der Waals surface area contributed by atoms with E-state index >= 15 is 0 Å². The third kappa shape index (κ3) is 4.58. The van der Waals surface area contributed by atoms with Crippen molar-refractivity contribution in [2.45, 2.75) is 19.3 Å². The number of aliphatic imine (C=N–C) groups is 1. The minimum absolute atomic E-state index is 0.101. The first-order valence-corrected chi connectivity index (χ1v) is 11.9. The van der Waals surface area contributed by atoms with Gasteiger partial charge in [-0.1, -0.05) is 28.1 Å². The lowest BCUT2D eigenvalue weighted by Gasteiger charge is -2.34. The molecule has 2 aromatic carbocycles. The van der Waals surface area contributed by atoms with Crippen molar-refractivity contribution in [1.29, 1.82) is 0 Å². The quantitative estimate of drug-likeness (QED) is 0.257. The Bertz CT molecular complexity index is 1230. The molecule has 1 atom stereocenters. The van der Waals surface area contributed by atoms with E-state index in [2.05, 4.69) is 49.2 Å². The number of anilines is 2. The van der Waals surface area contributed by atoms with Crippen LogP contribution >= 0.6 is 27.3 Å². The van der Waals surface area contributed by atoms with E-state index in [9.17, 15) is 4.79 Å². The Morgan fingerprint density at radius 3 is 2.64 bits per heavy atom. The molecule has 0 spiro atoms. The second kappa shape index (κ2) is 9.48. The van der Waals surface area contributed by atoms with Gasteiger partial charge in [-0.3, -0.25) is 9.79 Å². The molecule has 9 heteroatoms. The number of carbonyl (C=O) groups excluding carboxylic acids is 1. The van der Waals surface area contributed by atoms with E-state index in [0.29, 0.717) is 16.1 Å². The highest BCUT2D eigenvalue weighted by molar-refractivity contribution is 9.10. The fourth-order valence-electron chi connectivity index (χ4n) is 3.82. The van der Waals surface area contributed by atoms with Crippen LogP contribution in [0.15, 0.2) is 57.4 Å². The Balaban J connectivity index is 1.68. The first-order valence-electron chi connectivity index (χ1n) is 10.3. The van der Waals surface area contributed by atoms with Gasteiger partial charge in [0.05, 0.1) is 28.0 Å². The molecule has 1 aromatic heterocycles. The van der Waals surface area contributed by atoms with Gasteiger partial charge in [0.25, 0.3) is 5.91 Å². The van der Waals surface area contributed by atoms with Crippen molar-refractivity contribution in [2.75, 3.05) is 17.7 Å². The summed E-state index contributed by atoms with van der Waals surface area (Å²) in [6.45, 7) is 5.56. The van der Waals surface area contributed by atoms with E-state index in [4.69, 9.17) is 11.5 Å². The van der Waals surface area contributed by atoms with Crippen molar-refractivity contribution in [3.8, 4) is 0 Å². The summed E-state index contributed by atoms with van der Waals surface area (Å²) >= 11 is 4.78. The van der Waals surface area contributed by atoms with Crippen molar-refractivity contribution in [1.82, 2.24) is 4.90 Å². The molecule has 0 fully saturated rings. The lowest BCUT2D eigenvalue weighted by molar-refractivity contribution is 0.102. The molecule has 7 nitrogen and oxygen atoms in total. The van der Waals surface area contributed by atoms with E-state index in [1.807, 2.05) is 56.6 Å². The number of aryl methyl sites for hydroxylation is 1. The number of fused-ring (bicyclic) bond motifs is 1. The highest BCUT2D eigenvalue weighted by atomic mass is 79.9. The number of nitrogens with one attached hydrogen (secondary N) is 2. The van der Waals surface area contributed by atoms with Gasteiger partial charge >= 0.3 is 0 Å². The summed E-state index contributed by atoms with van der Waals surface area (Å²) in [5, 5.41) is 8.37. The molecule has 1 aliphatic rings. The average molecular weight is 525 g/mol. The first kappa shape index (κ1) is 23.2. The van der Waals surface area contributed by atoms with Gasteiger partial charge in [0.1, 0.15) is 6.17 Å². The van der Waals surface area contributed by atoms with Crippen molar-refractivity contribution in [3.05, 3.63) is 79.6 Å². The average Bonchev–Trinajstić information content (AvgIpc) is 3.23. The predicted octanol–water partition coefficient (Wildman–Crippen LogP) is 5.35. The van der Waals surface area contributed by atoms with E-state index in [-0.39, 0.29) is 12.1 Å². The molecule has 4 rings (SSSR count). The van der Waals surface area contributed by atoms with Crippen LogP contribution < -0.4 is 22.1 Å². The number of nitrogens with two attached hydrogens (primary N) is 2. The smallest absolute Gasteiger partial charge is 0.258 e. The number of benzene rings is 2. The van der Waals surface area contributed by atoms with E-state index in [0.717, 1.165) is 32.5 Å². The van der Waals surface area contributed by atoms with Gasteiger partial charge < -0.3 is 27.0 Å². The fraction of sp³-hybridized carbons (Fsp3) is 0.167. The van der Waals surface area contributed by atoms with Crippen molar-refractivity contribution in [2.24, 2.45) is 16.5 Å². The van der Waals surface area contributed by atoms with Crippen LogP contribution in [0.2, 0.25) is 0 Å². The molecule has 6 N–H and O–H groups in total. The second-order valence-electron chi connectivity index (χ2n) is 7.80. The number of hydrogen-bond donors (Lipinski definition) is 4.